The fourth-order valence-corrected chi connectivity index (χ4v) is 2.20. The van der Waals surface area contributed by atoms with Crippen LogP contribution in [0.1, 0.15) is 27.1 Å². The van der Waals surface area contributed by atoms with E-state index in [1.807, 2.05) is 6.26 Å². The van der Waals surface area contributed by atoms with Crippen molar-refractivity contribution < 1.29 is 24.2 Å². The van der Waals surface area contributed by atoms with E-state index in [9.17, 15) is 14.4 Å². The Morgan fingerprint density at radius 1 is 1.29 bits per heavy atom. The maximum atomic E-state index is 12.2. The standard InChI is InChI=1S/C14H17NO5S/c1-20-14(19)11(7-8-21-2)15-12(16)9-5-3-4-6-10(9)13(17)18/h3-6,11H,7-8H2,1-2H3,(H,15,16)(H,17,18)/t11-/m0/s1. The largest absolute Gasteiger partial charge is 0.478 e. The minimum Gasteiger partial charge on any atom is -0.478 e. The Morgan fingerprint density at radius 3 is 2.43 bits per heavy atom. The number of methoxy groups -OCH3 is 1. The average molecular weight is 311 g/mol. The van der Waals surface area contributed by atoms with E-state index in [4.69, 9.17) is 5.11 Å². The molecule has 1 amide bonds. The van der Waals surface area contributed by atoms with Crippen LogP contribution in [0.2, 0.25) is 0 Å². The third-order valence-corrected chi connectivity index (χ3v) is 3.45. The highest BCUT2D eigenvalue weighted by molar-refractivity contribution is 7.98. The van der Waals surface area contributed by atoms with Crippen molar-refractivity contribution in [2.45, 2.75) is 12.5 Å². The molecule has 0 saturated carbocycles. The zero-order valence-corrected chi connectivity index (χ0v) is 12.6. The number of hydrogen-bond donors (Lipinski definition) is 2. The normalized spacial score (nSPS) is 11.5. The number of carbonyl (C=O) groups excluding carboxylic acids is 2. The molecule has 7 heteroatoms. The molecular weight excluding hydrogens is 294 g/mol. The van der Waals surface area contributed by atoms with Crippen molar-refractivity contribution in [3.8, 4) is 0 Å². The van der Waals surface area contributed by atoms with E-state index >= 15 is 0 Å². The highest BCUT2D eigenvalue weighted by Crippen LogP contribution is 2.10. The maximum Gasteiger partial charge on any atom is 0.336 e. The molecule has 6 nitrogen and oxygen atoms in total. The molecule has 21 heavy (non-hydrogen) atoms. The Morgan fingerprint density at radius 2 is 1.90 bits per heavy atom. The predicted octanol–water partition coefficient (Wildman–Crippen LogP) is 1.41. The number of aromatic carboxylic acids is 1. The Balaban J connectivity index is 2.91. The van der Waals surface area contributed by atoms with Gasteiger partial charge in [-0.15, -0.1) is 0 Å². The molecule has 0 aliphatic heterocycles. The molecule has 2 N–H and O–H groups in total. The van der Waals surface area contributed by atoms with Crippen molar-refractivity contribution in [2.24, 2.45) is 0 Å². The number of benzene rings is 1. The van der Waals surface area contributed by atoms with Gasteiger partial charge in [0.2, 0.25) is 0 Å². The smallest absolute Gasteiger partial charge is 0.336 e. The van der Waals surface area contributed by atoms with Crippen molar-refractivity contribution in [1.82, 2.24) is 5.32 Å². The van der Waals surface area contributed by atoms with E-state index in [-0.39, 0.29) is 11.1 Å². The highest BCUT2D eigenvalue weighted by Gasteiger charge is 2.23. The van der Waals surface area contributed by atoms with Crippen molar-refractivity contribution >= 4 is 29.6 Å². The number of ether oxygens (including phenoxy) is 1. The molecule has 0 saturated heterocycles. The molecule has 0 radical (unpaired) electrons. The summed E-state index contributed by atoms with van der Waals surface area (Å²) >= 11 is 1.54. The van der Waals surface area contributed by atoms with Crippen LogP contribution in [0.25, 0.3) is 0 Å². The van der Waals surface area contributed by atoms with Crippen LogP contribution >= 0.6 is 11.8 Å². The van der Waals surface area contributed by atoms with Crippen LogP contribution in [-0.4, -0.2) is 48.1 Å². The number of amides is 1. The van der Waals surface area contributed by atoms with Crippen LogP contribution in [0, 0.1) is 0 Å². The zero-order chi connectivity index (χ0) is 15.8. The third-order valence-electron chi connectivity index (χ3n) is 2.80. The van der Waals surface area contributed by atoms with Crippen molar-refractivity contribution in [3.63, 3.8) is 0 Å². The van der Waals surface area contributed by atoms with Crippen molar-refractivity contribution in [3.05, 3.63) is 35.4 Å². The number of esters is 1. The van der Waals surface area contributed by atoms with E-state index in [1.54, 1.807) is 6.07 Å². The number of carboxylic acids is 1. The number of nitrogens with one attached hydrogen (secondary N) is 1. The summed E-state index contributed by atoms with van der Waals surface area (Å²) in [6, 6.07) is 5.05. The second kappa shape index (κ2) is 8.31. The first-order valence-electron chi connectivity index (χ1n) is 6.21. The Kier molecular flexibility index (Phi) is 6.74. The molecule has 0 aliphatic rings. The summed E-state index contributed by atoms with van der Waals surface area (Å²) < 4.78 is 4.64. The Hall–Kier alpha value is -2.02. The lowest BCUT2D eigenvalue weighted by molar-refractivity contribution is -0.142. The van der Waals surface area contributed by atoms with Crippen LogP contribution in [0.15, 0.2) is 24.3 Å². The lowest BCUT2D eigenvalue weighted by atomic mass is 10.1. The molecule has 0 fully saturated rings. The lowest BCUT2D eigenvalue weighted by Gasteiger charge is -2.16. The molecule has 0 spiro atoms. The topological polar surface area (TPSA) is 92.7 Å². The second-order valence-corrected chi connectivity index (χ2v) is 5.17. The fourth-order valence-electron chi connectivity index (χ4n) is 1.73. The van der Waals surface area contributed by atoms with E-state index < -0.39 is 23.9 Å². The van der Waals surface area contributed by atoms with Gasteiger partial charge in [0, 0.05) is 0 Å². The van der Waals surface area contributed by atoms with E-state index in [2.05, 4.69) is 10.1 Å². The summed E-state index contributed by atoms with van der Waals surface area (Å²) in [4.78, 5) is 34.9. The molecule has 0 aromatic heterocycles. The highest BCUT2D eigenvalue weighted by atomic mass is 32.2. The summed E-state index contributed by atoms with van der Waals surface area (Å²) in [7, 11) is 1.24. The second-order valence-electron chi connectivity index (χ2n) is 4.18. The fraction of sp³-hybridized carbons (Fsp3) is 0.357. The summed E-state index contributed by atoms with van der Waals surface area (Å²) in [6.07, 6.45) is 2.30. The van der Waals surface area contributed by atoms with E-state index in [0.717, 1.165) is 0 Å². The first-order valence-corrected chi connectivity index (χ1v) is 7.60. The molecular formula is C14H17NO5S. The summed E-state index contributed by atoms with van der Waals surface area (Å²) in [5, 5.41) is 11.6. The van der Waals surface area contributed by atoms with Gasteiger partial charge >= 0.3 is 11.9 Å². The van der Waals surface area contributed by atoms with Gasteiger partial charge in [0.25, 0.3) is 5.91 Å². The molecule has 0 aliphatic carbocycles. The van der Waals surface area contributed by atoms with Gasteiger partial charge in [0.15, 0.2) is 0 Å². The number of thioether (sulfide) groups is 1. The molecule has 1 atom stereocenters. The van der Waals surface area contributed by atoms with Crippen molar-refractivity contribution in [1.29, 1.82) is 0 Å². The van der Waals surface area contributed by atoms with Gasteiger partial charge in [0.1, 0.15) is 6.04 Å². The van der Waals surface area contributed by atoms with Gasteiger partial charge < -0.3 is 15.2 Å². The Bertz CT molecular complexity index is 532. The molecule has 114 valence electrons. The summed E-state index contributed by atoms with van der Waals surface area (Å²) in [6.45, 7) is 0. The van der Waals surface area contributed by atoms with Crippen LogP contribution < -0.4 is 5.32 Å². The summed E-state index contributed by atoms with van der Waals surface area (Å²) in [5.41, 5.74) is -0.0912. The first-order chi connectivity index (χ1) is 10.0. The van der Waals surface area contributed by atoms with E-state index in [0.29, 0.717) is 12.2 Å². The van der Waals surface area contributed by atoms with E-state index in [1.165, 1.54) is 37.1 Å². The van der Waals surface area contributed by atoms with Gasteiger partial charge in [-0.3, -0.25) is 4.79 Å². The quantitative estimate of drug-likeness (QED) is 0.740. The third kappa shape index (κ3) is 4.78. The van der Waals surface area contributed by atoms with Gasteiger partial charge in [-0.1, -0.05) is 12.1 Å². The van der Waals surface area contributed by atoms with Gasteiger partial charge in [-0.05, 0) is 30.6 Å². The minimum atomic E-state index is -1.19. The number of carboxylic acid groups (broad SMARTS) is 1. The van der Waals surface area contributed by atoms with Crippen LogP contribution in [-0.2, 0) is 9.53 Å². The first kappa shape index (κ1) is 17.0. The van der Waals surface area contributed by atoms with Crippen LogP contribution in [0.4, 0.5) is 0 Å². The van der Waals surface area contributed by atoms with Crippen LogP contribution in [0.5, 0.6) is 0 Å². The lowest BCUT2D eigenvalue weighted by Crippen LogP contribution is -2.42. The van der Waals surface area contributed by atoms with Crippen molar-refractivity contribution in [2.75, 3.05) is 19.1 Å². The van der Waals surface area contributed by atoms with Gasteiger partial charge in [-0.2, -0.15) is 11.8 Å². The zero-order valence-electron chi connectivity index (χ0n) is 11.8. The number of hydrogen-bond acceptors (Lipinski definition) is 5. The maximum absolute atomic E-state index is 12.2. The van der Waals surface area contributed by atoms with Gasteiger partial charge in [0.05, 0.1) is 18.2 Å². The molecule has 1 rings (SSSR count). The molecule has 1 aromatic carbocycles. The van der Waals surface area contributed by atoms with Crippen LogP contribution in [0.3, 0.4) is 0 Å². The SMILES string of the molecule is COC(=O)[C@H](CCSC)NC(=O)c1ccccc1C(=O)O. The molecule has 0 heterocycles. The monoisotopic (exact) mass is 311 g/mol. The number of carbonyl (C=O) groups is 3. The molecule has 0 unspecified atom stereocenters. The Labute approximate surface area is 126 Å². The predicted molar refractivity (Wildman–Crippen MR) is 79.7 cm³/mol. The minimum absolute atomic E-state index is 0.0167. The number of rotatable bonds is 7. The summed E-state index contributed by atoms with van der Waals surface area (Å²) in [5.74, 6) is -1.69. The average Bonchev–Trinajstić information content (AvgIpc) is 2.50. The molecule has 0 bridgehead atoms. The molecule has 1 aromatic rings. The van der Waals surface area contributed by atoms with Gasteiger partial charge in [-0.25, -0.2) is 9.59 Å².